The normalized spacial score (nSPS) is 15.4. The lowest BCUT2D eigenvalue weighted by Gasteiger charge is -2.29. The second kappa shape index (κ2) is 7.69. The lowest BCUT2D eigenvalue weighted by Crippen LogP contribution is -2.39. The van der Waals surface area contributed by atoms with E-state index in [1.807, 2.05) is 24.3 Å². The quantitative estimate of drug-likeness (QED) is 0.606. The van der Waals surface area contributed by atoms with Crippen LogP contribution < -0.4 is 14.4 Å². The summed E-state index contributed by atoms with van der Waals surface area (Å²) < 4.78 is 42.0. The summed E-state index contributed by atoms with van der Waals surface area (Å²) in [6.07, 6.45) is 1.63. The van der Waals surface area contributed by atoms with E-state index >= 15 is 0 Å². The van der Waals surface area contributed by atoms with Crippen LogP contribution in [0.2, 0.25) is 0 Å². The average molecular weight is 441 g/mol. The number of nitrogens with zero attached hydrogens (tertiary/aromatic N) is 3. The van der Waals surface area contributed by atoms with Gasteiger partial charge in [-0.1, -0.05) is 23.3 Å². The smallest absolute Gasteiger partial charge is 0.336 e. The number of carbonyl (C=O) groups excluding carboxylic acids is 1. The van der Waals surface area contributed by atoms with Crippen molar-refractivity contribution >= 4 is 21.4 Å². The van der Waals surface area contributed by atoms with Crippen LogP contribution in [0.3, 0.4) is 0 Å². The Kier molecular flexibility index (Phi) is 4.85. The maximum atomic E-state index is 12.8. The second-order valence-corrected chi connectivity index (χ2v) is 9.14. The summed E-state index contributed by atoms with van der Waals surface area (Å²) >= 11 is 0. The van der Waals surface area contributed by atoms with E-state index in [4.69, 9.17) is 13.9 Å². The topological polar surface area (TPSA) is 112 Å². The molecule has 1 aromatic heterocycles. The average Bonchev–Trinajstić information content (AvgIpc) is 3.29. The highest BCUT2D eigenvalue weighted by Crippen LogP contribution is 2.34. The van der Waals surface area contributed by atoms with Gasteiger partial charge in [-0.2, -0.15) is 0 Å². The molecule has 9 nitrogen and oxygen atoms in total. The highest BCUT2D eigenvalue weighted by Gasteiger charge is 2.31. The summed E-state index contributed by atoms with van der Waals surface area (Å²) in [6, 6.07) is 12.5. The van der Waals surface area contributed by atoms with Crippen molar-refractivity contribution in [3.8, 4) is 23.0 Å². The van der Waals surface area contributed by atoms with Crippen molar-refractivity contribution in [3.63, 3.8) is 0 Å². The predicted molar refractivity (Wildman–Crippen MR) is 110 cm³/mol. The Hall–Kier alpha value is -3.40. The van der Waals surface area contributed by atoms with E-state index in [1.165, 1.54) is 4.90 Å². The molecule has 0 aliphatic carbocycles. The van der Waals surface area contributed by atoms with E-state index in [-0.39, 0.29) is 5.89 Å². The fourth-order valence-electron chi connectivity index (χ4n) is 3.72. The number of ether oxygens (including phenoxy) is 2. The first kappa shape index (κ1) is 19.6. The molecule has 0 N–H and O–H groups in total. The summed E-state index contributed by atoms with van der Waals surface area (Å²) in [4.78, 5) is 14.3. The number of hydrogen-bond donors (Lipinski definition) is 0. The molecule has 0 radical (unpaired) electrons. The summed E-state index contributed by atoms with van der Waals surface area (Å²) in [5.41, 5.74) is 2.27. The van der Waals surface area contributed by atoms with Crippen LogP contribution in [-0.2, 0) is 21.1 Å². The number of amides is 1. The second-order valence-electron chi connectivity index (χ2n) is 7.27. The standard InChI is InChI=1S/C21H19N3O6S/c25-19(24-9-3-5-14-4-1-2-6-16(14)24)13-31(26,27)21-23-22-20(30-21)15-7-8-17-18(12-15)29-11-10-28-17/h1-2,4,6-8,12H,3,5,9-11,13H2. The number of anilines is 1. The van der Waals surface area contributed by atoms with Crippen molar-refractivity contribution in [1.29, 1.82) is 0 Å². The minimum atomic E-state index is -4.10. The summed E-state index contributed by atoms with van der Waals surface area (Å²) in [5.74, 6) is -0.137. The van der Waals surface area contributed by atoms with E-state index in [2.05, 4.69) is 10.2 Å². The molecule has 10 heteroatoms. The zero-order valence-corrected chi connectivity index (χ0v) is 17.3. The molecule has 2 aliphatic rings. The molecule has 0 saturated carbocycles. The lowest BCUT2D eigenvalue weighted by molar-refractivity contribution is -0.116. The van der Waals surface area contributed by atoms with Gasteiger partial charge >= 0.3 is 5.22 Å². The largest absolute Gasteiger partial charge is 0.486 e. The van der Waals surface area contributed by atoms with Gasteiger partial charge in [-0.05, 0) is 42.7 Å². The van der Waals surface area contributed by atoms with Gasteiger partial charge in [-0.15, -0.1) is 5.10 Å². The Labute approximate surface area is 178 Å². The predicted octanol–water partition coefficient (Wildman–Crippen LogP) is 2.26. The molecule has 31 heavy (non-hydrogen) atoms. The molecular weight excluding hydrogens is 422 g/mol. The number of carbonyl (C=O) groups is 1. The molecule has 0 spiro atoms. The van der Waals surface area contributed by atoms with Crippen molar-refractivity contribution in [2.45, 2.75) is 18.1 Å². The Morgan fingerprint density at radius 3 is 2.71 bits per heavy atom. The monoisotopic (exact) mass is 441 g/mol. The van der Waals surface area contributed by atoms with Crippen LogP contribution in [0.5, 0.6) is 11.5 Å². The molecule has 160 valence electrons. The van der Waals surface area contributed by atoms with Gasteiger partial charge in [0.1, 0.15) is 19.0 Å². The van der Waals surface area contributed by atoms with Crippen molar-refractivity contribution in [2.75, 3.05) is 30.4 Å². The number of para-hydroxylation sites is 1. The van der Waals surface area contributed by atoms with Crippen LogP contribution in [0.15, 0.2) is 52.1 Å². The van der Waals surface area contributed by atoms with Gasteiger partial charge < -0.3 is 18.8 Å². The first-order valence-electron chi connectivity index (χ1n) is 9.86. The molecule has 0 unspecified atom stereocenters. The van der Waals surface area contributed by atoms with Gasteiger partial charge in [0.25, 0.3) is 0 Å². The van der Waals surface area contributed by atoms with E-state index in [1.54, 1.807) is 18.2 Å². The molecule has 1 amide bonds. The molecular formula is C21H19N3O6S. The third kappa shape index (κ3) is 3.74. The van der Waals surface area contributed by atoms with Gasteiger partial charge in [0.05, 0.1) is 0 Å². The molecule has 3 aromatic rings. The number of aromatic nitrogens is 2. The Bertz CT molecular complexity index is 1250. The number of fused-ring (bicyclic) bond motifs is 2. The molecule has 0 saturated heterocycles. The van der Waals surface area contributed by atoms with E-state index < -0.39 is 26.7 Å². The maximum Gasteiger partial charge on any atom is 0.336 e. The fourth-order valence-corrected chi connectivity index (χ4v) is 4.70. The molecule has 0 fully saturated rings. The van der Waals surface area contributed by atoms with Crippen LogP contribution in [0.25, 0.3) is 11.5 Å². The summed E-state index contributed by atoms with van der Waals surface area (Å²) in [5, 5.41) is 6.92. The van der Waals surface area contributed by atoms with Crippen molar-refractivity contribution < 1.29 is 27.1 Å². The number of aryl methyl sites for hydroxylation is 1. The SMILES string of the molecule is O=C(CS(=O)(=O)c1nnc(-c2ccc3c(c2)OCCO3)o1)N1CCCc2ccccc21. The van der Waals surface area contributed by atoms with Crippen molar-refractivity contribution in [3.05, 3.63) is 48.0 Å². The Morgan fingerprint density at radius 1 is 1.03 bits per heavy atom. The minimum Gasteiger partial charge on any atom is -0.486 e. The van der Waals surface area contributed by atoms with Crippen molar-refractivity contribution in [1.82, 2.24) is 10.2 Å². The van der Waals surface area contributed by atoms with Gasteiger partial charge in [0.15, 0.2) is 11.5 Å². The molecule has 5 rings (SSSR count). The number of benzene rings is 2. The van der Waals surface area contributed by atoms with Gasteiger partial charge in [0, 0.05) is 17.8 Å². The summed E-state index contributed by atoms with van der Waals surface area (Å²) in [6.45, 7) is 1.35. The first-order valence-corrected chi connectivity index (χ1v) is 11.5. The molecule has 0 atom stereocenters. The van der Waals surface area contributed by atoms with Gasteiger partial charge in [-0.3, -0.25) is 4.79 Å². The van der Waals surface area contributed by atoms with Crippen LogP contribution in [0, 0.1) is 0 Å². The molecule has 2 aliphatic heterocycles. The molecule has 0 bridgehead atoms. The molecule has 2 aromatic carbocycles. The number of rotatable bonds is 4. The van der Waals surface area contributed by atoms with Crippen LogP contribution in [0.1, 0.15) is 12.0 Å². The zero-order chi connectivity index (χ0) is 21.4. The highest BCUT2D eigenvalue weighted by atomic mass is 32.2. The van der Waals surface area contributed by atoms with Crippen LogP contribution in [-0.4, -0.2) is 50.0 Å². The lowest BCUT2D eigenvalue weighted by atomic mass is 10.0. The number of sulfone groups is 1. The van der Waals surface area contributed by atoms with E-state index in [9.17, 15) is 13.2 Å². The fraction of sp³-hybridized carbons (Fsp3) is 0.286. The van der Waals surface area contributed by atoms with Crippen LogP contribution >= 0.6 is 0 Å². The maximum absolute atomic E-state index is 12.8. The van der Waals surface area contributed by atoms with Gasteiger partial charge in [0.2, 0.25) is 21.6 Å². The summed E-state index contributed by atoms with van der Waals surface area (Å²) in [7, 11) is -4.10. The van der Waals surface area contributed by atoms with E-state index in [0.29, 0.717) is 36.8 Å². The zero-order valence-electron chi connectivity index (χ0n) is 16.5. The Morgan fingerprint density at radius 2 is 1.84 bits per heavy atom. The van der Waals surface area contributed by atoms with Crippen LogP contribution in [0.4, 0.5) is 5.69 Å². The first-order chi connectivity index (χ1) is 15.0. The Balaban J connectivity index is 1.36. The molecule has 3 heterocycles. The minimum absolute atomic E-state index is 0.0197. The third-order valence-corrected chi connectivity index (χ3v) is 6.51. The van der Waals surface area contributed by atoms with E-state index in [0.717, 1.165) is 24.1 Å². The van der Waals surface area contributed by atoms with Gasteiger partial charge in [-0.25, -0.2) is 8.42 Å². The number of hydrogen-bond acceptors (Lipinski definition) is 8. The third-order valence-electron chi connectivity index (χ3n) is 5.19. The highest BCUT2D eigenvalue weighted by molar-refractivity contribution is 7.91. The van der Waals surface area contributed by atoms with Crippen molar-refractivity contribution in [2.24, 2.45) is 0 Å².